The standard InChI is InChI=1S/C15H29NOS/c1-3-7-16-8-4-13(2)14-5-9-17-15(11-14)6-10-18-12-15/h13-14,16H,3-12H2,1-2H3. The van der Waals surface area contributed by atoms with Crippen LogP contribution in [0.4, 0.5) is 0 Å². The van der Waals surface area contributed by atoms with Crippen LogP contribution in [0.2, 0.25) is 0 Å². The van der Waals surface area contributed by atoms with Gasteiger partial charge in [-0.2, -0.15) is 11.8 Å². The molecular weight excluding hydrogens is 242 g/mol. The van der Waals surface area contributed by atoms with Gasteiger partial charge in [-0.3, -0.25) is 0 Å². The lowest BCUT2D eigenvalue weighted by molar-refractivity contribution is -0.0883. The van der Waals surface area contributed by atoms with Crippen molar-refractivity contribution in [1.29, 1.82) is 0 Å². The van der Waals surface area contributed by atoms with Crippen molar-refractivity contribution < 1.29 is 4.74 Å². The van der Waals surface area contributed by atoms with Gasteiger partial charge in [0.05, 0.1) is 5.60 Å². The Labute approximate surface area is 117 Å². The minimum absolute atomic E-state index is 0.263. The molecule has 0 radical (unpaired) electrons. The fourth-order valence-corrected chi connectivity index (χ4v) is 4.66. The Balaban J connectivity index is 1.74. The van der Waals surface area contributed by atoms with Crippen LogP contribution in [0, 0.1) is 11.8 Å². The van der Waals surface area contributed by atoms with E-state index in [1.54, 1.807) is 0 Å². The Kier molecular flexibility index (Phi) is 5.84. The number of thioether (sulfide) groups is 1. The number of nitrogens with one attached hydrogen (secondary N) is 1. The van der Waals surface area contributed by atoms with E-state index in [0.29, 0.717) is 0 Å². The molecule has 3 atom stereocenters. The van der Waals surface area contributed by atoms with Gasteiger partial charge in [0.25, 0.3) is 0 Å². The van der Waals surface area contributed by atoms with E-state index in [9.17, 15) is 0 Å². The lowest BCUT2D eigenvalue weighted by Crippen LogP contribution is -2.41. The average Bonchev–Trinajstić information content (AvgIpc) is 2.82. The summed E-state index contributed by atoms with van der Waals surface area (Å²) in [5, 5.41) is 3.53. The maximum absolute atomic E-state index is 6.11. The minimum atomic E-state index is 0.263. The number of rotatable bonds is 6. The summed E-state index contributed by atoms with van der Waals surface area (Å²) in [6.07, 6.45) is 6.45. The van der Waals surface area contributed by atoms with Crippen molar-refractivity contribution in [2.45, 2.75) is 51.6 Å². The van der Waals surface area contributed by atoms with Crippen LogP contribution in [0.1, 0.15) is 46.0 Å². The van der Waals surface area contributed by atoms with Gasteiger partial charge >= 0.3 is 0 Å². The third-order valence-electron chi connectivity index (χ3n) is 4.61. The first kappa shape index (κ1) is 14.7. The molecule has 2 nitrogen and oxygen atoms in total. The third-order valence-corrected chi connectivity index (χ3v) is 5.83. The summed E-state index contributed by atoms with van der Waals surface area (Å²) in [6.45, 7) is 8.03. The van der Waals surface area contributed by atoms with Gasteiger partial charge in [0.1, 0.15) is 0 Å². The summed E-state index contributed by atoms with van der Waals surface area (Å²) in [5.41, 5.74) is 0.263. The second kappa shape index (κ2) is 7.16. The Morgan fingerprint density at radius 3 is 3.06 bits per heavy atom. The second-order valence-electron chi connectivity index (χ2n) is 6.10. The maximum Gasteiger partial charge on any atom is 0.0783 e. The highest BCUT2D eigenvalue weighted by Crippen LogP contribution is 2.42. The van der Waals surface area contributed by atoms with Crippen molar-refractivity contribution >= 4 is 11.8 Å². The first-order valence-corrected chi connectivity index (χ1v) is 8.84. The summed E-state index contributed by atoms with van der Waals surface area (Å²) in [4.78, 5) is 0. The summed E-state index contributed by atoms with van der Waals surface area (Å²) in [5.74, 6) is 4.28. The largest absolute Gasteiger partial charge is 0.374 e. The lowest BCUT2D eigenvalue weighted by Gasteiger charge is -2.40. The summed E-state index contributed by atoms with van der Waals surface area (Å²) < 4.78 is 6.11. The van der Waals surface area contributed by atoms with Gasteiger partial charge < -0.3 is 10.1 Å². The molecule has 2 rings (SSSR count). The van der Waals surface area contributed by atoms with E-state index >= 15 is 0 Å². The van der Waals surface area contributed by atoms with Crippen molar-refractivity contribution in [2.75, 3.05) is 31.2 Å². The fourth-order valence-electron chi connectivity index (χ4n) is 3.28. The van der Waals surface area contributed by atoms with Crippen LogP contribution >= 0.6 is 11.8 Å². The van der Waals surface area contributed by atoms with Gasteiger partial charge in [-0.15, -0.1) is 0 Å². The van der Waals surface area contributed by atoms with Crippen LogP contribution in [0.3, 0.4) is 0 Å². The Morgan fingerprint density at radius 1 is 1.44 bits per heavy atom. The van der Waals surface area contributed by atoms with Gasteiger partial charge in [-0.05, 0) is 62.8 Å². The molecule has 0 aromatic carbocycles. The molecule has 0 saturated carbocycles. The van der Waals surface area contributed by atoms with E-state index in [1.165, 1.54) is 56.7 Å². The zero-order chi connectivity index (χ0) is 12.8. The van der Waals surface area contributed by atoms with Gasteiger partial charge in [-0.1, -0.05) is 13.8 Å². The van der Waals surface area contributed by atoms with E-state index < -0.39 is 0 Å². The quantitative estimate of drug-likeness (QED) is 0.749. The highest BCUT2D eigenvalue weighted by atomic mass is 32.2. The van der Waals surface area contributed by atoms with Gasteiger partial charge in [0.15, 0.2) is 0 Å². The molecule has 0 aliphatic carbocycles. The third kappa shape index (κ3) is 3.88. The van der Waals surface area contributed by atoms with Crippen molar-refractivity contribution in [3.8, 4) is 0 Å². The predicted molar refractivity (Wildman–Crippen MR) is 80.3 cm³/mol. The smallest absolute Gasteiger partial charge is 0.0783 e. The Hall–Kier alpha value is 0.270. The van der Waals surface area contributed by atoms with Crippen LogP contribution in [0.5, 0.6) is 0 Å². The summed E-state index contributed by atoms with van der Waals surface area (Å²) in [7, 11) is 0. The molecule has 0 bridgehead atoms. The van der Waals surface area contributed by atoms with Gasteiger partial charge in [0, 0.05) is 12.4 Å². The van der Waals surface area contributed by atoms with Crippen LogP contribution in [-0.2, 0) is 4.74 Å². The highest BCUT2D eigenvalue weighted by molar-refractivity contribution is 7.99. The van der Waals surface area contributed by atoms with E-state index in [-0.39, 0.29) is 5.60 Å². The van der Waals surface area contributed by atoms with Crippen LogP contribution in [0.15, 0.2) is 0 Å². The van der Waals surface area contributed by atoms with Crippen molar-refractivity contribution in [2.24, 2.45) is 11.8 Å². The Morgan fingerprint density at radius 2 is 2.33 bits per heavy atom. The molecule has 3 unspecified atom stereocenters. The molecule has 2 aliphatic heterocycles. The summed E-state index contributed by atoms with van der Waals surface area (Å²) in [6, 6.07) is 0. The fraction of sp³-hybridized carbons (Fsp3) is 1.00. The SMILES string of the molecule is CCCNCCC(C)C1CCOC2(CCSC2)C1. The first-order valence-electron chi connectivity index (χ1n) is 7.68. The lowest BCUT2D eigenvalue weighted by atomic mass is 9.77. The van der Waals surface area contributed by atoms with E-state index in [0.717, 1.165) is 18.4 Å². The normalized spacial score (nSPS) is 34.0. The molecule has 1 N–H and O–H groups in total. The zero-order valence-electron chi connectivity index (χ0n) is 12.0. The molecular formula is C15H29NOS. The monoisotopic (exact) mass is 271 g/mol. The van der Waals surface area contributed by atoms with Crippen LogP contribution in [0.25, 0.3) is 0 Å². The molecule has 2 saturated heterocycles. The minimum Gasteiger partial charge on any atom is -0.374 e. The van der Waals surface area contributed by atoms with E-state index in [4.69, 9.17) is 4.74 Å². The molecule has 18 heavy (non-hydrogen) atoms. The maximum atomic E-state index is 6.11. The average molecular weight is 271 g/mol. The van der Waals surface area contributed by atoms with Gasteiger partial charge in [-0.25, -0.2) is 0 Å². The van der Waals surface area contributed by atoms with Gasteiger partial charge in [0.2, 0.25) is 0 Å². The predicted octanol–water partition coefficient (Wildman–Crippen LogP) is 3.31. The Bertz CT molecular complexity index is 241. The molecule has 0 aromatic heterocycles. The molecule has 106 valence electrons. The van der Waals surface area contributed by atoms with Crippen LogP contribution in [-0.4, -0.2) is 36.8 Å². The summed E-state index contributed by atoms with van der Waals surface area (Å²) >= 11 is 2.08. The number of ether oxygens (including phenoxy) is 1. The molecule has 0 aromatic rings. The van der Waals surface area contributed by atoms with Crippen LogP contribution < -0.4 is 5.32 Å². The zero-order valence-corrected chi connectivity index (χ0v) is 12.9. The number of hydrogen-bond donors (Lipinski definition) is 1. The molecule has 1 spiro atoms. The molecule has 2 fully saturated rings. The van der Waals surface area contributed by atoms with Crippen molar-refractivity contribution in [3.63, 3.8) is 0 Å². The van der Waals surface area contributed by atoms with E-state index in [2.05, 4.69) is 30.9 Å². The van der Waals surface area contributed by atoms with Crippen molar-refractivity contribution in [3.05, 3.63) is 0 Å². The van der Waals surface area contributed by atoms with Crippen molar-refractivity contribution in [1.82, 2.24) is 5.32 Å². The van der Waals surface area contributed by atoms with E-state index in [1.807, 2.05) is 0 Å². The highest BCUT2D eigenvalue weighted by Gasteiger charge is 2.41. The molecule has 2 aliphatic rings. The molecule has 2 heterocycles. The topological polar surface area (TPSA) is 21.3 Å². The molecule has 3 heteroatoms. The number of hydrogen-bond acceptors (Lipinski definition) is 3. The second-order valence-corrected chi connectivity index (χ2v) is 7.21. The molecule has 0 amide bonds. The first-order chi connectivity index (χ1) is 8.76.